The summed E-state index contributed by atoms with van der Waals surface area (Å²) in [6.07, 6.45) is 12.3. The van der Waals surface area contributed by atoms with E-state index in [-0.39, 0.29) is 12.0 Å². The molecule has 1 heterocycles. The third-order valence-corrected chi connectivity index (χ3v) is 3.78. The quantitative estimate of drug-likeness (QED) is 0.432. The molecule has 0 aliphatic carbocycles. The normalized spacial score (nSPS) is 27.4. The van der Waals surface area contributed by atoms with Crippen LogP contribution in [0.4, 0.5) is 0 Å². The van der Waals surface area contributed by atoms with Gasteiger partial charge in [-0.3, -0.25) is 10.6 Å². The van der Waals surface area contributed by atoms with E-state index in [4.69, 9.17) is 4.74 Å². The fourth-order valence-corrected chi connectivity index (χ4v) is 2.49. The molecule has 1 rings (SSSR count). The summed E-state index contributed by atoms with van der Waals surface area (Å²) in [5.74, 6) is 0. The minimum atomic E-state index is -0.0586. The van der Waals surface area contributed by atoms with Crippen molar-refractivity contribution < 1.29 is 4.74 Å². The average Bonchev–Trinajstić information content (AvgIpc) is 3.07. The van der Waals surface area contributed by atoms with Gasteiger partial charge in [0.2, 0.25) is 0 Å². The lowest BCUT2D eigenvalue weighted by molar-refractivity contribution is 0.241. The highest BCUT2D eigenvalue weighted by Gasteiger charge is 2.54. The number of nitrogens with one attached hydrogen (secondary N) is 2. The van der Waals surface area contributed by atoms with Crippen molar-refractivity contribution in [2.24, 2.45) is 0 Å². The third-order valence-electron chi connectivity index (χ3n) is 3.78. The first-order valence-corrected chi connectivity index (χ1v) is 7.33. The van der Waals surface area contributed by atoms with E-state index in [1.807, 2.05) is 14.1 Å². The highest BCUT2D eigenvalue weighted by atomic mass is 16.6. The molecule has 1 saturated heterocycles. The van der Waals surface area contributed by atoms with Crippen molar-refractivity contribution in [3.63, 3.8) is 0 Å². The molecule has 102 valence electrons. The highest BCUT2D eigenvalue weighted by Crippen LogP contribution is 2.36. The van der Waals surface area contributed by atoms with Crippen molar-refractivity contribution in [3.8, 4) is 0 Å². The monoisotopic (exact) mass is 242 g/mol. The van der Waals surface area contributed by atoms with E-state index >= 15 is 0 Å². The summed E-state index contributed by atoms with van der Waals surface area (Å²) < 4.78 is 5.64. The van der Waals surface area contributed by atoms with Crippen LogP contribution < -0.4 is 10.6 Å². The molecule has 0 bridgehead atoms. The summed E-state index contributed by atoms with van der Waals surface area (Å²) in [5.41, 5.74) is -0.0586. The predicted octanol–water partition coefficient (Wildman–Crippen LogP) is 3.01. The lowest BCUT2D eigenvalue weighted by Crippen LogP contribution is -2.35. The van der Waals surface area contributed by atoms with Crippen molar-refractivity contribution in [3.05, 3.63) is 0 Å². The van der Waals surface area contributed by atoms with Crippen LogP contribution in [0.1, 0.15) is 64.7 Å². The molecule has 0 aromatic carbocycles. The van der Waals surface area contributed by atoms with Gasteiger partial charge in [0.15, 0.2) is 12.0 Å². The molecule has 0 aromatic heterocycles. The predicted molar refractivity (Wildman–Crippen MR) is 73.0 cm³/mol. The Morgan fingerprint density at radius 3 is 2.00 bits per heavy atom. The number of epoxide rings is 1. The van der Waals surface area contributed by atoms with Crippen molar-refractivity contribution >= 4 is 0 Å². The topological polar surface area (TPSA) is 36.6 Å². The zero-order valence-corrected chi connectivity index (χ0v) is 11.8. The minimum Gasteiger partial charge on any atom is -0.334 e. The van der Waals surface area contributed by atoms with Crippen LogP contribution in [0.25, 0.3) is 0 Å². The number of rotatable bonds is 11. The second-order valence-electron chi connectivity index (χ2n) is 5.15. The molecule has 0 amide bonds. The Labute approximate surface area is 107 Å². The van der Waals surface area contributed by atoms with Crippen molar-refractivity contribution in [2.75, 3.05) is 14.1 Å². The second-order valence-corrected chi connectivity index (χ2v) is 5.15. The lowest BCUT2D eigenvalue weighted by atomic mass is 10.0. The molecule has 2 N–H and O–H groups in total. The van der Waals surface area contributed by atoms with Gasteiger partial charge in [-0.25, -0.2) is 0 Å². The largest absolute Gasteiger partial charge is 0.334 e. The van der Waals surface area contributed by atoms with Crippen LogP contribution in [-0.4, -0.2) is 26.0 Å². The maximum absolute atomic E-state index is 5.64. The smallest absolute Gasteiger partial charge is 0.161 e. The minimum absolute atomic E-state index is 0.0586. The molecule has 17 heavy (non-hydrogen) atoms. The molecule has 1 aliphatic rings. The van der Waals surface area contributed by atoms with Crippen LogP contribution in [-0.2, 0) is 4.74 Å². The first-order chi connectivity index (χ1) is 8.29. The van der Waals surface area contributed by atoms with Gasteiger partial charge in [0.25, 0.3) is 0 Å². The number of likely N-dealkylation sites (N-methyl/N-ethyl adjacent to an activating group) is 2. The van der Waals surface area contributed by atoms with Crippen LogP contribution in [0.3, 0.4) is 0 Å². The second kappa shape index (κ2) is 8.06. The van der Waals surface area contributed by atoms with Gasteiger partial charge < -0.3 is 4.74 Å². The Hall–Kier alpha value is -0.120. The fourth-order valence-electron chi connectivity index (χ4n) is 2.49. The summed E-state index contributed by atoms with van der Waals surface area (Å²) in [6, 6.07) is 0. The third kappa shape index (κ3) is 4.94. The summed E-state index contributed by atoms with van der Waals surface area (Å²) in [5, 5.41) is 6.46. The molecule has 0 spiro atoms. The molecule has 1 fully saturated rings. The maximum Gasteiger partial charge on any atom is 0.161 e. The van der Waals surface area contributed by atoms with Gasteiger partial charge in [0.05, 0.1) is 0 Å². The molecular formula is C14H30N2O. The van der Waals surface area contributed by atoms with Crippen LogP contribution in [0.5, 0.6) is 0 Å². The molecule has 2 atom stereocenters. The van der Waals surface area contributed by atoms with Gasteiger partial charge in [0, 0.05) is 0 Å². The Morgan fingerprint density at radius 1 is 0.941 bits per heavy atom. The number of hydrogen-bond donors (Lipinski definition) is 2. The molecule has 2 unspecified atom stereocenters. The van der Waals surface area contributed by atoms with Gasteiger partial charge in [-0.2, -0.15) is 0 Å². The average molecular weight is 242 g/mol. The molecular weight excluding hydrogens is 212 g/mol. The van der Waals surface area contributed by atoms with E-state index in [1.54, 1.807) is 0 Å². The fraction of sp³-hybridized carbons (Fsp3) is 1.00. The molecule has 0 radical (unpaired) electrons. The van der Waals surface area contributed by atoms with E-state index in [0.717, 1.165) is 6.42 Å². The summed E-state index contributed by atoms with van der Waals surface area (Å²) in [7, 11) is 3.94. The summed E-state index contributed by atoms with van der Waals surface area (Å²) in [6.45, 7) is 2.27. The van der Waals surface area contributed by atoms with E-state index in [2.05, 4.69) is 17.6 Å². The van der Waals surface area contributed by atoms with Gasteiger partial charge in [-0.05, 0) is 26.9 Å². The molecule has 3 heteroatoms. The number of ether oxygens (including phenoxy) is 1. The van der Waals surface area contributed by atoms with Gasteiger partial charge in [-0.1, -0.05) is 51.9 Å². The number of hydrogen-bond acceptors (Lipinski definition) is 3. The van der Waals surface area contributed by atoms with Gasteiger partial charge in [0.1, 0.15) is 0 Å². The Bertz CT molecular complexity index is 199. The molecule has 1 aliphatic heterocycles. The lowest BCUT2D eigenvalue weighted by Gasteiger charge is -2.11. The van der Waals surface area contributed by atoms with Crippen LogP contribution in [0, 0.1) is 0 Å². The Balaban J connectivity index is 1.91. The highest BCUT2D eigenvalue weighted by molar-refractivity contribution is 4.96. The first-order valence-electron chi connectivity index (χ1n) is 7.33. The van der Waals surface area contributed by atoms with Crippen LogP contribution >= 0.6 is 0 Å². The van der Waals surface area contributed by atoms with Crippen molar-refractivity contribution in [1.29, 1.82) is 0 Å². The molecule has 3 nitrogen and oxygen atoms in total. The van der Waals surface area contributed by atoms with E-state index < -0.39 is 0 Å². The van der Waals surface area contributed by atoms with E-state index in [0.29, 0.717) is 0 Å². The number of unbranched alkanes of at least 4 members (excludes halogenated alkanes) is 7. The summed E-state index contributed by atoms with van der Waals surface area (Å²) >= 11 is 0. The zero-order valence-electron chi connectivity index (χ0n) is 11.8. The molecule has 0 aromatic rings. The standard InChI is InChI=1S/C14H30N2O/c1-4-5-6-7-8-9-10-11-12-14(16-3)13(15-2)17-14/h13,15-16H,4-12H2,1-3H3. The maximum atomic E-state index is 5.64. The first kappa shape index (κ1) is 14.9. The molecule has 0 saturated carbocycles. The zero-order chi connectivity index (χ0) is 12.6. The van der Waals surface area contributed by atoms with Crippen LogP contribution in [0.15, 0.2) is 0 Å². The summed E-state index contributed by atoms with van der Waals surface area (Å²) in [4.78, 5) is 0. The van der Waals surface area contributed by atoms with Crippen LogP contribution in [0.2, 0.25) is 0 Å². The van der Waals surface area contributed by atoms with Crippen molar-refractivity contribution in [1.82, 2.24) is 10.6 Å². The van der Waals surface area contributed by atoms with E-state index in [9.17, 15) is 0 Å². The van der Waals surface area contributed by atoms with Crippen molar-refractivity contribution in [2.45, 2.75) is 76.7 Å². The SMILES string of the molecule is CCCCCCCCCCC1(NC)OC1NC. The Kier molecular flexibility index (Phi) is 7.09. The van der Waals surface area contributed by atoms with Gasteiger partial charge >= 0.3 is 0 Å². The van der Waals surface area contributed by atoms with E-state index in [1.165, 1.54) is 51.4 Å². The van der Waals surface area contributed by atoms with Gasteiger partial charge in [-0.15, -0.1) is 0 Å². The Morgan fingerprint density at radius 2 is 1.53 bits per heavy atom.